The van der Waals surface area contributed by atoms with Gasteiger partial charge in [-0.2, -0.15) is 5.10 Å². The predicted octanol–water partition coefficient (Wildman–Crippen LogP) is 5.17. The van der Waals surface area contributed by atoms with Crippen LogP contribution in [-0.4, -0.2) is 44.5 Å². The zero-order valence-electron chi connectivity index (χ0n) is 20.4. The van der Waals surface area contributed by atoms with Crippen LogP contribution in [0.4, 0.5) is 18.9 Å². The maximum atomic E-state index is 12.3. The number of halogens is 3. The molecular formula is C25H22F3N7O2S. The topological polar surface area (TPSA) is 98.5 Å². The van der Waals surface area contributed by atoms with Crippen molar-refractivity contribution >= 4 is 29.2 Å². The molecule has 0 saturated carbocycles. The van der Waals surface area contributed by atoms with Crippen LogP contribution in [0.25, 0.3) is 17.1 Å². The highest BCUT2D eigenvalue weighted by Gasteiger charge is 2.31. The summed E-state index contributed by atoms with van der Waals surface area (Å²) in [5, 5.41) is 12.0. The Bertz CT molecular complexity index is 1430. The number of nitrogens with zero attached hydrogens (tertiary/aromatic N) is 5. The average molecular weight is 542 g/mol. The van der Waals surface area contributed by atoms with Gasteiger partial charge in [-0.15, -0.1) is 18.3 Å². The molecule has 2 heterocycles. The van der Waals surface area contributed by atoms with Crippen LogP contribution in [0, 0.1) is 13.8 Å². The van der Waals surface area contributed by atoms with E-state index in [4.69, 9.17) is 17.0 Å². The summed E-state index contributed by atoms with van der Waals surface area (Å²) >= 11 is 5.32. The number of aromatic nitrogens is 4. The second-order valence-corrected chi connectivity index (χ2v) is 8.35. The minimum Gasteiger partial charge on any atom is -0.481 e. The molecule has 0 atom stereocenters. The van der Waals surface area contributed by atoms with Gasteiger partial charge in [0.1, 0.15) is 12.1 Å². The molecular weight excluding hydrogens is 519 g/mol. The summed E-state index contributed by atoms with van der Waals surface area (Å²) in [5.74, 6) is 0.667. The van der Waals surface area contributed by atoms with Gasteiger partial charge in [0.25, 0.3) is 0 Å². The summed E-state index contributed by atoms with van der Waals surface area (Å²) in [6, 6.07) is 14.5. The zero-order valence-corrected chi connectivity index (χ0v) is 21.3. The molecule has 0 radical (unpaired) electrons. The number of aryl methyl sites for hydroxylation is 2. The summed E-state index contributed by atoms with van der Waals surface area (Å²) < 4.78 is 47.5. The van der Waals surface area contributed by atoms with Gasteiger partial charge in [-0.1, -0.05) is 24.3 Å². The first-order valence-electron chi connectivity index (χ1n) is 11.1. The van der Waals surface area contributed by atoms with Gasteiger partial charge in [0, 0.05) is 11.6 Å². The number of hydrogen-bond acceptors (Lipinski definition) is 7. The number of methoxy groups -OCH3 is 1. The molecule has 9 nitrogen and oxygen atoms in total. The Balaban J connectivity index is 1.35. The van der Waals surface area contributed by atoms with Crippen LogP contribution in [0.3, 0.4) is 0 Å². The van der Waals surface area contributed by atoms with E-state index < -0.39 is 6.36 Å². The fraction of sp³-hybridized carbons (Fsp3) is 0.160. The van der Waals surface area contributed by atoms with Crippen molar-refractivity contribution in [2.24, 2.45) is 5.10 Å². The summed E-state index contributed by atoms with van der Waals surface area (Å²) in [7, 11) is 1.56. The molecule has 2 aromatic heterocycles. The van der Waals surface area contributed by atoms with Crippen molar-refractivity contribution in [3.05, 3.63) is 77.7 Å². The van der Waals surface area contributed by atoms with Gasteiger partial charge in [-0.3, -0.25) is 5.43 Å². The second kappa shape index (κ2) is 11.3. The number of alkyl halides is 3. The third-order valence-electron chi connectivity index (χ3n) is 5.20. The lowest BCUT2D eigenvalue weighted by Gasteiger charge is -2.13. The van der Waals surface area contributed by atoms with E-state index in [2.05, 4.69) is 35.6 Å². The molecule has 0 aliphatic heterocycles. The highest BCUT2D eigenvalue weighted by Crippen LogP contribution is 2.24. The SMILES string of the molecule is COc1cc(C)c(NC(=S)N/N=C/c2ccc(-c3ncn(-c4ccc(OC(F)(F)F)cc4)n3)cc2)c(C)n1. The summed E-state index contributed by atoms with van der Waals surface area (Å²) in [4.78, 5) is 8.62. The summed E-state index contributed by atoms with van der Waals surface area (Å²) in [6.07, 6.45) is -1.66. The van der Waals surface area contributed by atoms with E-state index >= 15 is 0 Å². The maximum absolute atomic E-state index is 12.3. The van der Waals surface area contributed by atoms with Crippen molar-refractivity contribution in [2.45, 2.75) is 20.2 Å². The van der Waals surface area contributed by atoms with E-state index in [1.807, 2.05) is 44.2 Å². The highest BCUT2D eigenvalue weighted by atomic mass is 32.1. The Hall–Kier alpha value is -4.52. The Morgan fingerprint density at radius 2 is 1.79 bits per heavy atom. The van der Waals surface area contributed by atoms with Gasteiger partial charge in [0.05, 0.1) is 30.4 Å². The van der Waals surface area contributed by atoms with E-state index in [9.17, 15) is 13.2 Å². The molecule has 4 aromatic rings. The molecule has 13 heteroatoms. The first-order chi connectivity index (χ1) is 18.1. The van der Waals surface area contributed by atoms with E-state index in [1.165, 1.54) is 35.3 Å². The van der Waals surface area contributed by atoms with Crippen LogP contribution < -0.4 is 20.2 Å². The molecule has 0 bridgehead atoms. The first kappa shape index (κ1) is 26.5. The van der Waals surface area contributed by atoms with Crippen molar-refractivity contribution in [1.82, 2.24) is 25.2 Å². The normalized spacial score (nSPS) is 11.4. The van der Waals surface area contributed by atoms with Crippen molar-refractivity contribution in [2.75, 3.05) is 12.4 Å². The number of anilines is 1. The second-order valence-electron chi connectivity index (χ2n) is 7.94. The lowest BCUT2D eigenvalue weighted by Crippen LogP contribution is -2.25. The van der Waals surface area contributed by atoms with Gasteiger partial charge in [-0.25, -0.2) is 14.6 Å². The van der Waals surface area contributed by atoms with Gasteiger partial charge in [-0.05, 0) is 61.5 Å². The van der Waals surface area contributed by atoms with Crippen LogP contribution >= 0.6 is 12.2 Å². The molecule has 2 aromatic carbocycles. The average Bonchev–Trinajstić information content (AvgIpc) is 3.36. The van der Waals surface area contributed by atoms with Crippen molar-refractivity contribution in [3.63, 3.8) is 0 Å². The van der Waals surface area contributed by atoms with E-state index in [-0.39, 0.29) is 5.75 Å². The van der Waals surface area contributed by atoms with Crippen molar-refractivity contribution in [1.29, 1.82) is 0 Å². The molecule has 0 spiro atoms. The van der Waals surface area contributed by atoms with Crippen LogP contribution in [0.2, 0.25) is 0 Å². The largest absolute Gasteiger partial charge is 0.573 e. The van der Waals surface area contributed by atoms with E-state index in [1.54, 1.807) is 13.3 Å². The molecule has 0 unspecified atom stereocenters. The molecule has 0 amide bonds. The molecule has 0 saturated heterocycles. The van der Waals surface area contributed by atoms with Gasteiger partial charge in [0.15, 0.2) is 10.9 Å². The van der Waals surface area contributed by atoms with E-state index in [0.29, 0.717) is 22.5 Å². The fourth-order valence-corrected chi connectivity index (χ4v) is 3.59. The third-order valence-corrected chi connectivity index (χ3v) is 5.39. The van der Waals surface area contributed by atoms with E-state index in [0.717, 1.165) is 28.1 Å². The molecule has 0 aliphatic rings. The minimum atomic E-state index is -4.75. The van der Waals surface area contributed by atoms with Gasteiger partial charge in [0.2, 0.25) is 5.88 Å². The smallest absolute Gasteiger partial charge is 0.481 e. The molecule has 38 heavy (non-hydrogen) atoms. The Morgan fingerprint density at radius 1 is 1.08 bits per heavy atom. The number of hydrogen-bond donors (Lipinski definition) is 2. The fourth-order valence-electron chi connectivity index (χ4n) is 3.44. The molecule has 0 aliphatic carbocycles. The molecule has 4 rings (SSSR count). The number of benzene rings is 2. The molecule has 0 fully saturated rings. The lowest BCUT2D eigenvalue weighted by molar-refractivity contribution is -0.274. The number of thiocarbonyl (C=S) groups is 1. The Morgan fingerprint density at radius 3 is 2.42 bits per heavy atom. The number of rotatable bonds is 7. The molecule has 196 valence electrons. The third kappa shape index (κ3) is 6.82. The monoisotopic (exact) mass is 541 g/mol. The first-order valence-corrected chi connectivity index (χ1v) is 11.5. The Kier molecular flexibility index (Phi) is 7.86. The number of nitrogens with one attached hydrogen (secondary N) is 2. The Labute approximate surface area is 221 Å². The van der Waals surface area contributed by atoms with Crippen LogP contribution in [0.5, 0.6) is 11.6 Å². The molecule has 2 N–H and O–H groups in total. The quantitative estimate of drug-likeness (QED) is 0.188. The number of hydrazone groups is 1. The summed E-state index contributed by atoms with van der Waals surface area (Å²) in [5.41, 5.74) is 7.33. The lowest BCUT2D eigenvalue weighted by atomic mass is 10.1. The van der Waals surface area contributed by atoms with Crippen LogP contribution in [0.15, 0.2) is 66.0 Å². The summed E-state index contributed by atoms with van der Waals surface area (Å²) in [6.45, 7) is 3.78. The minimum absolute atomic E-state index is 0.309. The van der Waals surface area contributed by atoms with Crippen molar-refractivity contribution in [3.8, 4) is 28.7 Å². The van der Waals surface area contributed by atoms with Crippen molar-refractivity contribution < 1.29 is 22.6 Å². The number of ether oxygens (including phenoxy) is 2. The highest BCUT2D eigenvalue weighted by molar-refractivity contribution is 7.80. The standard InChI is InChI=1S/C25H22F3N7O2S/c1-15-12-21(36-3)31-16(2)22(15)32-24(38)33-30-13-17-4-6-18(7-5-17)23-29-14-35(34-23)19-8-10-20(11-9-19)37-25(26,27)28/h4-14H,1-3H3,(H2,32,33,38)/b30-13+. The van der Waals surface area contributed by atoms with Crippen LogP contribution in [-0.2, 0) is 0 Å². The zero-order chi connectivity index (χ0) is 27.3. The predicted molar refractivity (Wildman–Crippen MR) is 141 cm³/mol. The van der Waals surface area contributed by atoms with Crippen LogP contribution in [0.1, 0.15) is 16.8 Å². The number of pyridine rings is 1. The van der Waals surface area contributed by atoms with Gasteiger partial charge >= 0.3 is 6.36 Å². The van der Waals surface area contributed by atoms with Gasteiger partial charge < -0.3 is 14.8 Å². The maximum Gasteiger partial charge on any atom is 0.573 e.